The zero-order valence-electron chi connectivity index (χ0n) is 9.92. The molecule has 0 bridgehead atoms. The van der Waals surface area contributed by atoms with Gasteiger partial charge in [0, 0.05) is 12.4 Å². The van der Waals surface area contributed by atoms with E-state index >= 15 is 0 Å². The van der Waals surface area contributed by atoms with Crippen LogP contribution in [0.1, 0.15) is 37.7 Å². The molecule has 0 amide bonds. The molecule has 0 saturated heterocycles. The number of halogens is 2. The van der Waals surface area contributed by atoms with Crippen molar-refractivity contribution in [3.8, 4) is 0 Å². The van der Waals surface area contributed by atoms with Crippen LogP contribution in [0.2, 0.25) is 0 Å². The van der Waals surface area contributed by atoms with E-state index in [-0.39, 0.29) is 45.9 Å². The summed E-state index contributed by atoms with van der Waals surface area (Å²) in [6, 6.07) is 7.49. The number of rotatable bonds is 3. The Kier molecular flexibility index (Phi) is 9.50. The van der Waals surface area contributed by atoms with Gasteiger partial charge in [0.1, 0.15) is 0 Å². The molecule has 0 heterocycles. The molecule has 1 aromatic carbocycles. The third-order valence-corrected chi connectivity index (χ3v) is 2.85. The van der Waals surface area contributed by atoms with E-state index in [2.05, 4.69) is 6.07 Å². The van der Waals surface area contributed by atoms with Crippen LogP contribution >= 0.6 is 0 Å². The fraction of sp³-hybridized carbons (Fsp3) is 0.538. The van der Waals surface area contributed by atoms with Crippen molar-refractivity contribution in [1.29, 1.82) is 0 Å². The Hall–Kier alpha value is 0.356. The summed E-state index contributed by atoms with van der Waals surface area (Å²) in [5, 5.41) is 0. The Bertz CT molecular complexity index is 316. The molecule has 0 spiro atoms. The van der Waals surface area contributed by atoms with E-state index in [0.29, 0.717) is 12.7 Å². The number of benzene rings is 1. The van der Waals surface area contributed by atoms with E-state index < -0.39 is 0 Å². The van der Waals surface area contributed by atoms with Crippen LogP contribution in [-0.2, 0) is 11.3 Å². The molecule has 1 aromatic rings. The van der Waals surface area contributed by atoms with Gasteiger partial charge in [-0.1, -0.05) is 19.3 Å². The second kappa shape index (κ2) is 9.31. The van der Waals surface area contributed by atoms with E-state index in [1.54, 1.807) is 6.07 Å². The minimum absolute atomic E-state index is 0. The molecule has 1 saturated carbocycles. The first kappa shape index (κ1) is 17.4. The van der Waals surface area contributed by atoms with E-state index in [4.69, 9.17) is 4.74 Å². The van der Waals surface area contributed by atoms with Crippen molar-refractivity contribution in [3.05, 3.63) is 35.6 Å². The quantitative estimate of drug-likeness (QED) is 0.568. The molecule has 0 aromatic heterocycles. The van der Waals surface area contributed by atoms with Crippen LogP contribution in [0.25, 0.3) is 0 Å². The van der Waals surface area contributed by atoms with Crippen molar-refractivity contribution in [2.45, 2.75) is 44.8 Å². The standard InChI is InChI=1S/C13H16FO.BrH.Mg/c14-12-6-4-5-11(9-12)10-15-13-7-2-1-3-8-13;;/h4,6,9,13H,1-3,7-8,10H2;1H;/q-1;;+2/p-1. The van der Waals surface area contributed by atoms with Crippen molar-refractivity contribution < 1.29 is 26.1 Å². The fourth-order valence-electron chi connectivity index (χ4n) is 2.01. The van der Waals surface area contributed by atoms with Crippen molar-refractivity contribution >= 4 is 23.1 Å². The topological polar surface area (TPSA) is 9.23 Å². The zero-order valence-corrected chi connectivity index (χ0v) is 12.9. The summed E-state index contributed by atoms with van der Waals surface area (Å²) in [6.07, 6.45) is 6.52. The van der Waals surface area contributed by atoms with Gasteiger partial charge < -0.3 is 21.7 Å². The summed E-state index contributed by atoms with van der Waals surface area (Å²) in [5.41, 5.74) is 0.806. The Balaban J connectivity index is 0.00000128. The average molecular weight is 311 g/mol. The summed E-state index contributed by atoms with van der Waals surface area (Å²) in [4.78, 5) is 0. The summed E-state index contributed by atoms with van der Waals surface area (Å²) >= 11 is 0. The number of ether oxygens (including phenoxy) is 1. The van der Waals surface area contributed by atoms with Gasteiger partial charge in [-0.25, -0.2) is 4.39 Å². The Morgan fingerprint density at radius 3 is 2.65 bits per heavy atom. The molecule has 0 radical (unpaired) electrons. The maximum absolute atomic E-state index is 12.9. The Morgan fingerprint density at radius 2 is 2.00 bits per heavy atom. The molecule has 4 heteroatoms. The molecule has 2 rings (SSSR count). The molecule has 1 aliphatic carbocycles. The largest absolute Gasteiger partial charge is 2.00 e. The third-order valence-electron chi connectivity index (χ3n) is 2.85. The number of hydrogen-bond acceptors (Lipinski definition) is 1. The first-order chi connectivity index (χ1) is 7.34. The normalized spacial score (nSPS) is 15.8. The van der Waals surface area contributed by atoms with Gasteiger partial charge in [0.2, 0.25) is 0 Å². The van der Waals surface area contributed by atoms with Gasteiger partial charge in [0.15, 0.2) is 0 Å². The van der Waals surface area contributed by atoms with E-state index in [0.717, 1.165) is 18.4 Å². The summed E-state index contributed by atoms with van der Waals surface area (Å²) in [6.45, 7) is 0.489. The Morgan fingerprint density at radius 1 is 1.29 bits per heavy atom. The van der Waals surface area contributed by atoms with Gasteiger partial charge in [-0.3, -0.25) is 0 Å². The molecule has 1 nitrogen and oxygen atoms in total. The molecule has 1 fully saturated rings. The molecule has 0 atom stereocenters. The maximum Gasteiger partial charge on any atom is 2.00 e. The Labute approximate surface area is 129 Å². The van der Waals surface area contributed by atoms with Crippen LogP contribution in [0.3, 0.4) is 0 Å². The summed E-state index contributed by atoms with van der Waals surface area (Å²) < 4.78 is 18.6. The van der Waals surface area contributed by atoms with Gasteiger partial charge in [-0.15, -0.1) is 17.7 Å². The van der Waals surface area contributed by atoms with Crippen LogP contribution in [0.4, 0.5) is 4.39 Å². The van der Waals surface area contributed by atoms with Gasteiger partial charge in [-0.05, 0) is 12.8 Å². The smallest absolute Gasteiger partial charge is 1.00 e. The predicted octanol–water partition coefficient (Wildman–Crippen LogP) is 0.0984. The minimum Gasteiger partial charge on any atom is -1.00 e. The van der Waals surface area contributed by atoms with Crippen molar-refractivity contribution in [3.63, 3.8) is 0 Å². The first-order valence-electron chi connectivity index (χ1n) is 5.62. The SMILES string of the molecule is Fc1cc[c-]c(COC2CCCCC2)c1.[Br-].[Mg+2]. The van der Waals surface area contributed by atoms with Gasteiger partial charge in [0.25, 0.3) is 0 Å². The molecular weight excluding hydrogens is 295 g/mol. The monoisotopic (exact) mass is 310 g/mol. The predicted molar refractivity (Wildman–Crippen MR) is 62.7 cm³/mol. The van der Waals surface area contributed by atoms with E-state index in [9.17, 15) is 4.39 Å². The van der Waals surface area contributed by atoms with Crippen LogP contribution in [0.15, 0.2) is 18.2 Å². The zero-order chi connectivity index (χ0) is 10.5. The fourth-order valence-corrected chi connectivity index (χ4v) is 2.01. The second-order valence-corrected chi connectivity index (χ2v) is 4.10. The third kappa shape index (κ3) is 6.18. The van der Waals surface area contributed by atoms with Crippen LogP contribution in [0.5, 0.6) is 0 Å². The van der Waals surface area contributed by atoms with E-state index in [1.807, 2.05) is 0 Å². The molecule has 1 aliphatic rings. The van der Waals surface area contributed by atoms with Gasteiger partial charge in [-0.2, -0.15) is 12.1 Å². The maximum atomic E-state index is 12.9. The summed E-state index contributed by atoms with van der Waals surface area (Å²) in [7, 11) is 0. The first-order valence-corrected chi connectivity index (χ1v) is 5.62. The minimum atomic E-state index is -0.212. The molecular formula is C13H16BrFMgO. The van der Waals surface area contributed by atoms with Crippen molar-refractivity contribution in [1.82, 2.24) is 0 Å². The second-order valence-electron chi connectivity index (χ2n) is 4.10. The van der Waals surface area contributed by atoms with Gasteiger partial charge in [0.05, 0.1) is 6.10 Å². The summed E-state index contributed by atoms with van der Waals surface area (Å²) in [5.74, 6) is -0.212. The molecule has 0 unspecified atom stereocenters. The van der Waals surface area contributed by atoms with Crippen molar-refractivity contribution in [2.75, 3.05) is 0 Å². The van der Waals surface area contributed by atoms with Gasteiger partial charge >= 0.3 is 23.1 Å². The van der Waals surface area contributed by atoms with Crippen LogP contribution in [0, 0.1) is 11.9 Å². The molecule has 0 N–H and O–H groups in total. The van der Waals surface area contributed by atoms with Crippen LogP contribution < -0.4 is 17.0 Å². The van der Waals surface area contributed by atoms with Crippen molar-refractivity contribution in [2.24, 2.45) is 0 Å². The van der Waals surface area contributed by atoms with Crippen LogP contribution in [-0.4, -0.2) is 29.2 Å². The molecule has 90 valence electrons. The molecule has 0 aliphatic heterocycles. The molecule has 17 heavy (non-hydrogen) atoms. The number of hydrogen-bond donors (Lipinski definition) is 0. The van der Waals surface area contributed by atoms with E-state index in [1.165, 1.54) is 31.4 Å². The average Bonchev–Trinajstić information content (AvgIpc) is 2.28.